The highest BCUT2D eigenvalue weighted by atomic mass is 16.5. The van der Waals surface area contributed by atoms with Gasteiger partial charge in [-0.05, 0) is 35.9 Å². The molecule has 142 valence electrons. The lowest BCUT2D eigenvalue weighted by molar-refractivity contribution is -0.142. The highest BCUT2D eigenvalue weighted by Crippen LogP contribution is 2.27. The SMILES string of the molecule is COc1cccc(NC(=O)COC(=O)C=Cc2ccc(OC)c(OC)c2)c1. The summed E-state index contributed by atoms with van der Waals surface area (Å²) >= 11 is 0. The molecule has 0 saturated carbocycles. The van der Waals surface area contributed by atoms with Crippen LogP contribution in [0.4, 0.5) is 5.69 Å². The van der Waals surface area contributed by atoms with Crippen LogP contribution in [0.25, 0.3) is 6.08 Å². The van der Waals surface area contributed by atoms with Crippen LogP contribution in [0, 0.1) is 0 Å². The number of ether oxygens (including phenoxy) is 4. The van der Waals surface area contributed by atoms with Gasteiger partial charge in [-0.3, -0.25) is 4.79 Å². The fourth-order valence-corrected chi connectivity index (χ4v) is 2.20. The number of carbonyl (C=O) groups excluding carboxylic acids is 2. The van der Waals surface area contributed by atoms with Gasteiger partial charge in [0.25, 0.3) is 5.91 Å². The number of carbonyl (C=O) groups is 2. The number of rotatable bonds is 8. The van der Waals surface area contributed by atoms with Crippen molar-refractivity contribution in [3.8, 4) is 17.2 Å². The van der Waals surface area contributed by atoms with E-state index in [2.05, 4.69) is 5.32 Å². The minimum absolute atomic E-state index is 0.397. The Labute approximate surface area is 157 Å². The first-order chi connectivity index (χ1) is 13.0. The van der Waals surface area contributed by atoms with E-state index in [1.807, 2.05) is 0 Å². The van der Waals surface area contributed by atoms with Crippen molar-refractivity contribution in [2.75, 3.05) is 33.3 Å². The van der Waals surface area contributed by atoms with Crippen molar-refractivity contribution < 1.29 is 28.5 Å². The van der Waals surface area contributed by atoms with Gasteiger partial charge in [-0.15, -0.1) is 0 Å². The van der Waals surface area contributed by atoms with Crippen LogP contribution in [-0.4, -0.2) is 39.8 Å². The van der Waals surface area contributed by atoms with E-state index in [4.69, 9.17) is 18.9 Å². The minimum Gasteiger partial charge on any atom is -0.497 e. The molecular formula is C20H21NO6. The minimum atomic E-state index is -0.634. The number of esters is 1. The molecule has 0 aliphatic carbocycles. The second kappa shape index (κ2) is 9.86. The monoisotopic (exact) mass is 371 g/mol. The van der Waals surface area contributed by atoms with E-state index in [1.165, 1.54) is 20.3 Å². The average molecular weight is 371 g/mol. The molecule has 2 rings (SSSR count). The van der Waals surface area contributed by atoms with Gasteiger partial charge in [-0.25, -0.2) is 4.79 Å². The Hall–Kier alpha value is -3.48. The van der Waals surface area contributed by atoms with Gasteiger partial charge in [0, 0.05) is 17.8 Å². The summed E-state index contributed by atoms with van der Waals surface area (Å²) in [6.45, 7) is -0.397. The molecule has 0 aliphatic rings. The Morgan fingerprint density at radius 2 is 1.74 bits per heavy atom. The van der Waals surface area contributed by atoms with Gasteiger partial charge in [0.2, 0.25) is 0 Å². The molecule has 0 heterocycles. The van der Waals surface area contributed by atoms with Crippen LogP contribution in [0.15, 0.2) is 48.5 Å². The number of anilines is 1. The maximum Gasteiger partial charge on any atom is 0.331 e. The van der Waals surface area contributed by atoms with E-state index >= 15 is 0 Å². The summed E-state index contributed by atoms with van der Waals surface area (Å²) in [6, 6.07) is 12.1. The van der Waals surface area contributed by atoms with E-state index in [0.717, 1.165) is 5.56 Å². The first kappa shape index (κ1) is 19.8. The Morgan fingerprint density at radius 3 is 2.44 bits per heavy atom. The molecule has 0 saturated heterocycles. The summed E-state index contributed by atoms with van der Waals surface area (Å²) in [5.41, 5.74) is 1.28. The van der Waals surface area contributed by atoms with Gasteiger partial charge in [0.15, 0.2) is 18.1 Å². The van der Waals surface area contributed by atoms with Gasteiger partial charge in [0.1, 0.15) is 5.75 Å². The predicted octanol–water partition coefficient (Wildman–Crippen LogP) is 2.91. The van der Waals surface area contributed by atoms with Crippen molar-refractivity contribution >= 4 is 23.6 Å². The topological polar surface area (TPSA) is 83.1 Å². The molecule has 7 nitrogen and oxygen atoms in total. The van der Waals surface area contributed by atoms with Crippen LogP contribution in [0.5, 0.6) is 17.2 Å². The molecule has 2 aromatic rings. The number of amides is 1. The average Bonchev–Trinajstić information content (AvgIpc) is 2.70. The molecule has 0 aliphatic heterocycles. The van der Waals surface area contributed by atoms with Gasteiger partial charge < -0.3 is 24.3 Å². The second-order valence-electron chi connectivity index (χ2n) is 5.34. The highest BCUT2D eigenvalue weighted by Gasteiger charge is 2.07. The summed E-state index contributed by atoms with van der Waals surface area (Å²) in [7, 11) is 4.61. The molecule has 0 fully saturated rings. The van der Waals surface area contributed by atoms with Crippen molar-refractivity contribution in [1.29, 1.82) is 0 Å². The van der Waals surface area contributed by atoms with Crippen molar-refractivity contribution in [3.05, 3.63) is 54.1 Å². The zero-order chi connectivity index (χ0) is 19.6. The summed E-state index contributed by atoms with van der Waals surface area (Å²) in [5, 5.41) is 2.62. The maximum atomic E-state index is 11.9. The van der Waals surface area contributed by atoms with Crippen molar-refractivity contribution in [2.45, 2.75) is 0 Å². The van der Waals surface area contributed by atoms with Crippen molar-refractivity contribution in [1.82, 2.24) is 0 Å². The Morgan fingerprint density at radius 1 is 0.963 bits per heavy atom. The number of benzene rings is 2. The van der Waals surface area contributed by atoms with Crippen LogP contribution in [-0.2, 0) is 14.3 Å². The van der Waals surface area contributed by atoms with E-state index in [-0.39, 0.29) is 0 Å². The van der Waals surface area contributed by atoms with Crippen LogP contribution in [0.2, 0.25) is 0 Å². The van der Waals surface area contributed by atoms with E-state index < -0.39 is 18.5 Å². The first-order valence-corrected chi connectivity index (χ1v) is 8.06. The van der Waals surface area contributed by atoms with E-state index in [0.29, 0.717) is 22.9 Å². The summed E-state index contributed by atoms with van der Waals surface area (Å²) in [5.74, 6) is 0.668. The predicted molar refractivity (Wildman–Crippen MR) is 101 cm³/mol. The van der Waals surface area contributed by atoms with E-state index in [1.54, 1.807) is 55.7 Å². The third-order valence-corrected chi connectivity index (χ3v) is 3.52. The fraction of sp³-hybridized carbons (Fsp3) is 0.200. The van der Waals surface area contributed by atoms with Crippen molar-refractivity contribution in [3.63, 3.8) is 0 Å². The smallest absolute Gasteiger partial charge is 0.331 e. The molecule has 1 N–H and O–H groups in total. The number of methoxy groups -OCH3 is 3. The zero-order valence-electron chi connectivity index (χ0n) is 15.4. The molecule has 0 atom stereocenters. The normalized spacial score (nSPS) is 10.3. The maximum absolute atomic E-state index is 11.9. The van der Waals surface area contributed by atoms with Crippen LogP contribution >= 0.6 is 0 Å². The molecule has 0 aromatic heterocycles. The third-order valence-electron chi connectivity index (χ3n) is 3.52. The quantitative estimate of drug-likeness (QED) is 0.567. The van der Waals surface area contributed by atoms with Gasteiger partial charge >= 0.3 is 5.97 Å². The highest BCUT2D eigenvalue weighted by molar-refractivity contribution is 5.94. The first-order valence-electron chi connectivity index (χ1n) is 8.06. The standard InChI is InChI=1S/C20H21NO6/c1-24-16-6-4-5-15(12-16)21-19(22)13-27-20(23)10-8-14-7-9-17(25-2)18(11-14)26-3/h4-12H,13H2,1-3H3,(H,21,22). The molecule has 1 amide bonds. The Bertz CT molecular complexity index is 831. The lowest BCUT2D eigenvalue weighted by atomic mass is 10.2. The van der Waals surface area contributed by atoms with Crippen LogP contribution in [0.1, 0.15) is 5.56 Å². The number of hydrogen-bond acceptors (Lipinski definition) is 6. The van der Waals surface area contributed by atoms with Crippen LogP contribution in [0.3, 0.4) is 0 Å². The lowest BCUT2D eigenvalue weighted by Gasteiger charge is -2.08. The van der Waals surface area contributed by atoms with Gasteiger partial charge in [-0.1, -0.05) is 12.1 Å². The molecule has 0 radical (unpaired) electrons. The second-order valence-corrected chi connectivity index (χ2v) is 5.34. The van der Waals surface area contributed by atoms with E-state index in [9.17, 15) is 9.59 Å². The molecule has 0 bridgehead atoms. The van der Waals surface area contributed by atoms with Gasteiger partial charge in [0.05, 0.1) is 21.3 Å². The molecule has 2 aromatic carbocycles. The summed E-state index contributed by atoms with van der Waals surface area (Å²) in [4.78, 5) is 23.6. The number of hydrogen-bond donors (Lipinski definition) is 1. The van der Waals surface area contributed by atoms with Crippen molar-refractivity contribution in [2.24, 2.45) is 0 Å². The Balaban J connectivity index is 1.86. The van der Waals surface area contributed by atoms with Crippen LogP contribution < -0.4 is 19.5 Å². The molecule has 0 spiro atoms. The lowest BCUT2D eigenvalue weighted by Crippen LogP contribution is -2.20. The molecular weight excluding hydrogens is 350 g/mol. The zero-order valence-corrected chi connectivity index (χ0v) is 15.4. The Kier molecular flexibility index (Phi) is 7.25. The largest absolute Gasteiger partial charge is 0.497 e. The van der Waals surface area contributed by atoms with Gasteiger partial charge in [-0.2, -0.15) is 0 Å². The molecule has 0 unspecified atom stereocenters. The summed E-state index contributed by atoms with van der Waals surface area (Å²) < 4.78 is 20.4. The number of nitrogens with one attached hydrogen (secondary N) is 1. The third kappa shape index (κ3) is 6.07. The summed E-state index contributed by atoms with van der Waals surface area (Å²) in [6.07, 6.45) is 2.80. The fourth-order valence-electron chi connectivity index (χ4n) is 2.20. The molecule has 7 heteroatoms. The molecule has 27 heavy (non-hydrogen) atoms.